The van der Waals surface area contributed by atoms with E-state index in [0.29, 0.717) is 11.5 Å². The summed E-state index contributed by atoms with van der Waals surface area (Å²) in [7, 11) is 0. The van der Waals surface area contributed by atoms with Crippen molar-refractivity contribution in [3.63, 3.8) is 0 Å². The Morgan fingerprint density at radius 3 is 2.33 bits per heavy atom. The van der Waals surface area contributed by atoms with E-state index in [2.05, 4.69) is 15.0 Å². The van der Waals surface area contributed by atoms with Crippen LogP contribution in [0.25, 0.3) is 0 Å². The minimum atomic E-state index is -4.76. The van der Waals surface area contributed by atoms with E-state index in [9.17, 15) is 18.0 Å². The molecular formula is C13H10F3N3O2. The minimum absolute atomic E-state index is 0.182. The Labute approximate surface area is 117 Å². The van der Waals surface area contributed by atoms with Gasteiger partial charge in [-0.25, -0.2) is 4.98 Å². The van der Waals surface area contributed by atoms with Gasteiger partial charge >= 0.3 is 6.36 Å². The topological polar surface area (TPSA) is 77.2 Å². The van der Waals surface area contributed by atoms with E-state index in [4.69, 9.17) is 5.73 Å². The number of hydrogen-bond donors (Lipinski definition) is 2. The molecule has 0 bridgehead atoms. The number of carbonyl (C=O) groups is 1. The average molecular weight is 297 g/mol. The Kier molecular flexibility index (Phi) is 3.97. The third kappa shape index (κ3) is 4.37. The summed E-state index contributed by atoms with van der Waals surface area (Å²) in [6.45, 7) is 0. The molecular weight excluding hydrogens is 287 g/mol. The molecule has 0 unspecified atom stereocenters. The first-order valence-corrected chi connectivity index (χ1v) is 5.72. The van der Waals surface area contributed by atoms with Gasteiger partial charge in [0.25, 0.3) is 5.91 Å². The number of aromatic nitrogens is 1. The second-order valence-electron chi connectivity index (χ2n) is 4.00. The van der Waals surface area contributed by atoms with Gasteiger partial charge in [0, 0.05) is 5.56 Å². The van der Waals surface area contributed by atoms with Crippen LogP contribution in [0.4, 0.5) is 24.7 Å². The Morgan fingerprint density at radius 1 is 1.14 bits per heavy atom. The van der Waals surface area contributed by atoms with Gasteiger partial charge in [0.2, 0.25) is 0 Å². The zero-order valence-corrected chi connectivity index (χ0v) is 10.5. The van der Waals surface area contributed by atoms with Crippen LogP contribution in [0.5, 0.6) is 5.75 Å². The number of alkyl halides is 3. The maximum atomic E-state index is 12.0. The van der Waals surface area contributed by atoms with Crippen LogP contribution in [0.3, 0.4) is 0 Å². The molecule has 0 radical (unpaired) electrons. The summed E-state index contributed by atoms with van der Waals surface area (Å²) in [5.41, 5.74) is 6.01. The van der Waals surface area contributed by atoms with E-state index in [1.165, 1.54) is 24.4 Å². The van der Waals surface area contributed by atoms with Crippen molar-refractivity contribution in [3.05, 3.63) is 48.2 Å². The molecule has 8 heteroatoms. The van der Waals surface area contributed by atoms with Gasteiger partial charge in [0.1, 0.15) is 11.6 Å². The first-order chi connectivity index (χ1) is 9.83. The van der Waals surface area contributed by atoms with Crippen molar-refractivity contribution in [1.82, 2.24) is 4.98 Å². The van der Waals surface area contributed by atoms with Crippen molar-refractivity contribution in [1.29, 1.82) is 0 Å². The standard InChI is InChI=1S/C13H10F3N3O2/c14-13(15,16)21-10-4-1-8(2-5-10)12(20)19-9-3-6-11(17)18-7-9/h1-7H,(H2,17,18)(H,19,20). The summed E-state index contributed by atoms with van der Waals surface area (Å²) in [5.74, 6) is -0.574. The molecule has 2 rings (SSSR count). The van der Waals surface area contributed by atoms with Gasteiger partial charge in [0.15, 0.2) is 0 Å². The number of nitrogens with zero attached hydrogens (tertiary/aromatic N) is 1. The van der Waals surface area contributed by atoms with Crippen LogP contribution in [0, 0.1) is 0 Å². The molecule has 1 heterocycles. The predicted octanol–water partition coefficient (Wildman–Crippen LogP) is 2.81. The van der Waals surface area contributed by atoms with E-state index in [-0.39, 0.29) is 5.56 Å². The number of benzene rings is 1. The van der Waals surface area contributed by atoms with Crippen molar-refractivity contribution in [2.75, 3.05) is 11.1 Å². The number of anilines is 2. The highest BCUT2D eigenvalue weighted by atomic mass is 19.4. The number of nitrogen functional groups attached to an aromatic ring is 1. The van der Waals surface area contributed by atoms with Crippen molar-refractivity contribution in [3.8, 4) is 5.75 Å². The van der Waals surface area contributed by atoms with E-state index in [1.807, 2.05) is 0 Å². The van der Waals surface area contributed by atoms with Gasteiger partial charge in [-0.15, -0.1) is 13.2 Å². The summed E-state index contributed by atoms with van der Waals surface area (Å²) < 4.78 is 39.7. The highest BCUT2D eigenvalue weighted by molar-refractivity contribution is 6.04. The molecule has 1 aromatic heterocycles. The molecule has 2 aromatic rings. The maximum Gasteiger partial charge on any atom is 0.573 e. The number of carbonyl (C=O) groups excluding carboxylic acids is 1. The third-order valence-corrected chi connectivity index (χ3v) is 2.39. The minimum Gasteiger partial charge on any atom is -0.406 e. The molecule has 0 aliphatic carbocycles. The monoisotopic (exact) mass is 297 g/mol. The van der Waals surface area contributed by atoms with Crippen molar-refractivity contribution < 1.29 is 22.7 Å². The number of amides is 1. The van der Waals surface area contributed by atoms with Crippen molar-refractivity contribution in [2.45, 2.75) is 6.36 Å². The van der Waals surface area contributed by atoms with Crippen molar-refractivity contribution in [2.24, 2.45) is 0 Å². The van der Waals surface area contributed by atoms with E-state index in [1.54, 1.807) is 6.07 Å². The van der Waals surface area contributed by atoms with Crippen LogP contribution in [0.2, 0.25) is 0 Å². The van der Waals surface area contributed by atoms with Gasteiger partial charge in [-0.05, 0) is 36.4 Å². The number of pyridine rings is 1. The van der Waals surface area contributed by atoms with Crippen LogP contribution in [0.1, 0.15) is 10.4 Å². The largest absolute Gasteiger partial charge is 0.573 e. The first kappa shape index (κ1) is 14.6. The summed E-state index contributed by atoms with van der Waals surface area (Å²) in [4.78, 5) is 15.7. The summed E-state index contributed by atoms with van der Waals surface area (Å²) in [6.07, 6.45) is -3.40. The summed E-state index contributed by atoms with van der Waals surface area (Å²) in [5, 5.41) is 2.53. The molecule has 110 valence electrons. The highest BCUT2D eigenvalue weighted by Crippen LogP contribution is 2.23. The van der Waals surface area contributed by atoms with Crippen LogP contribution in [-0.2, 0) is 0 Å². The quantitative estimate of drug-likeness (QED) is 0.913. The first-order valence-electron chi connectivity index (χ1n) is 5.72. The van der Waals surface area contributed by atoms with Crippen LogP contribution < -0.4 is 15.8 Å². The van der Waals surface area contributed by atoms with E-state index < -0.39 is 18.0 Å². The number of hydrogen-bond acceptors (Lipinski definition) is 4. The maximum absolute atomic E-state index is 12.0. The zero-order chi connectivity index (χ0) is 15.5. The number of halogens is 3. The number of ether oxygens (including phenoxy) is 1. The number of rotatable bonds is 3. The zero-order valence-electron chi connectivity index (χ0n) is 10.5. The molecule has 0 aliphatic rings. The normalized spacial score (nSPS) is 11.0. The summed E-state index contributed by atoms with van der Waals surface area (Å²) in [6, 6.07) is 7.63. The highest BCUT2D eigenvalue weighted by Gasteiger charge is 2.31. The molecule has 0 fully saturated rings. The fourth-order valence-corrected chi connectivity index (χ4v) is 1.49. The Hall–Kier alpha value is -2.77. The second kappa shape index (κ2) is 5.70. The molecule has 3 N–H and O–H groups in total. The molecule has 0 aliphatic heterocycles. The average Bonchev–Trinajstić information content (AvgIpc) is 2.40. The Bertz CT molecular complexity index is 625. The number of nitrogens with one attached hydrogen (secondary N) is 1. The van der Waals surface area contributed by atoms with E-state index >= 15 is 0 Å². The lowest BCUT2D eigenvalue weighted by Crippen LogP contribution is -2.17. The summed E-state index contributed by atoms with van der Waals surface area (Å²) >= 11 is 0. The second-order valence-corrected chi connectivity index (χ2v) is 4.00. The lowest BCUT2D eigenvalue weighted by molar-refractivity contribution is -0.274. The fraction of sp³-hybridized carbons (Fsp3) is 0.0769. The van der Waals surface area contributed by atoms with Gasteiger partial charge in [-0.3, -0.25) is 4.79 Å². The van der Waals surface area contributed by atoms with Crippen molar-refractivity contribution >= 4 is 17.4 Å². The molecule has 21 heavy (non-hydrogen) atoms. The molecule has 0 spiro atoms. The third-order valence-electron chi connectivity index (χ3n) is 2.39. The van der Waals surface area contributed by atoms with Crippen LogP contribution in [-0.4, -0.2) is 17.3 Å². The van der Waals surface area contributed by atoms with E-state index in [0.717, 1.165) is 12.1 Å². The SMILES string of the molecule is Nc1ccc(NC(=O)c2ccc(OC(F)(F)F)cc2)cn1. The lowest BCUT2D eigenvalue weighted by Gasteiger charge is -2.09. The lowest BCUT2D eigenvalue weighted by atomic mass is 10.2. The van der Waals surface area contributed by atoms with Gasteiger partial charge in [0.05, 0.1) is 11.9 Å². The molecule has 0 atom stereocenters. The molecule has 0 saturated heterocycles. The number of nitrogens with two attached hydrogens (primary N) is 1. The van der Waals surface area contributed by atoms with Gasteiger partial charge in [-0.1, -0.05) is 0 Å². The molecule has 1 aromatic carbocycles. The predicted molar refractivity (Wildman–Crippen MR) is 69.7 cm³/mol. The fourth-order valence-electron chi connectivity index (χ4n) is 1.49. The Balaban J connectivity index is 2.04. The molecule has 0 saturated carbocycles. The molecule has 5 nitrogen and oxygen atoms in total. The van der Waals surface area contributed by atoms with Gasteiger partial charge < -0.3 is 15.8 Å². The van der Waals surface area contributed by atoms with Gasteiger partial charge in [-0.2, -0.15) is 0 Å². The Morgan fingerprint density at radius 2 is 1.81 bits per heavy atom. The molecule has 1 amide bonds. The smallest absolute Gasteiger partial charge is 0.406 e. The van der Waals surface area contributed by atoms with Crippen LogP contribution in [0.15, 0.2) is 42.6 Å². The van der Waals surface area contributed by atoms with Crippen LogP contribution >= 0.6 is 0 Å².